The second-order valence-electron chi connectivity index (χ2n) is 9.04. The molecule has 0 aliphatic carbocycles. The molecule has 3 rings (SSSR count). The molecule has 3 saturated heterocycles. The third kappa shape index (κ3) is 4.24. The van der Waals surface area contributed by atoms with Crippen molar-refractivity contribution in [2.24, 2.45) is 23.7 Å². The monoisotopic (exact) mass is 307 g/mol. The Hall–Kier alpha value is -0.120. The van der Waals surface area contributed by atoms with Crippen LogP contribution < -0.4 is 0 Å². The van der Waals surface area contributed by atoms with Gasteiger partial charge in [0.25, 0.3) is 0 Å². The molecule has 3 aliphatic rings. The van der Waals surface area contributed by atoms with Crippen LogP contribution in [-0.2, 0) is 0 Å². The maximum Gasteiger partial charge on any atom is 0.00388 e. The summed E-state index contributed by atoms with van der Waals surface area (Å²) in [6.45, 7) is 20.2. The quantitative estimate of drug-likeness (QED) is 0.716. The van der Waals surface area contributed by atoms with Crippen LogP contribution in [0.4, 0.5) is 0 Å². The molecule has 3 aliphatic heterocycles. The summed E-state index contributed by atoms with van der Waals surface area (Å²) in [6, 6.07) is 0.745. The summed E-state index contributed by atoms with van der Waals surface area (Å²) in [7, 11) is 0. The minimum absolute atomic E-state index is 0.745. The smallest absolute Gasteiger partial charge is 0.00388 e. The molecule has 0 bridgehead atoms. The summed E-state index contributed by atoms with van der Waals surface area (Å²) in [5, 5.41) is 0. The van der Waals surface area contributed by atoms with Crippen molar-refractivity contribution >= 4 is 0 Å². The second-order valence-corrected chi connectivity index (χ2v) is 9.04. The number of nitrogens with zero attached hydrogens (tertiary/aromatic N) is 3. The van der Waals surface area contributed by atoms with Gasteiger partial charge in [0, 0.05) is 51.9 Å². The van der Waals surface area contributed by atoms with E-state index in [9.17, 15) is 0 Å². The molecular formula is C19H37N3. The summed E-state index contributed by atoms with van der Waals surface area (Å²) in [6.07, 6.45) is 2.88. The molecule has 0 spiro atoms. The van der Waals surface area contributed by atoms with E-state index in [1.54, 1.807) is 0 Å². The van der Waals surface area contributed by atoms with E-state index < -0.39 is 0 Å². The molecule has 0 aromatic rings. The van der Waals surface area contributed by atoms with Crippen LogP contribution in [0.25, 0.3) is 0 Å². The Labute approximate surface area is 138 Å². The van der Waals surface area contributed by atoms with Gasteiger partial charge in [0.1, 0.15) is 0 Å². The van der Waals surface area contributed by atoms with E-state index in [4.69, 9.17) is 0 Å². The molecular weight excluding hydrogens is 270 g/mol. The van der Waals surface area contributed by atoms with Crippen molar-refractivity contribution < 1.29 is 0 Å². The molecule has 3 heterocycles. The Morgan fingerprint density at radius 3 is 2.00 bits per heavy atom. The zero-order chi connectivity index (χ0) is 15.7. The minimum atomic E-state index is 0.745. The van der Waals surface area contributed by atoms with Crippen LogP contribution in [0.3, 0.4) is 0 Å². The van der Waals surface area contributed by atoms with Gasteiger partial charge in [-0.1, -0.05) is 13.8 Å². The van der Waals surface area contributed by atoms with Gasteiger partial charge >= 0.3 is 0 Å². The normalized spacial score (nSPS) is 29.5. The van der Waals surface area contributed by atoms with Gasteiger partial charge in [-0.15, -0.1) is 0 Å². The van der Waals surface area contributed by atoms with E-state index in [0.29, 0.717) is 0 Å². The Kier molecular flexibility index (Phi) is 5.47. The highest BCUT2D eigenvalue weighted by Crippen LogP contribution is 2.27. The molecule has 3 heteroatoms. The molecule has 0 radical (unpaired) electrons. The molecule has 128 valence electrons. The van der Waals surface area contributed by atoms with Crippen LogP contribution in [0.15, 0.2) is 0 Å². The van der Waals surface area contributed by atoms with E-state index >= 15 is 0 Å². The van der Waals surface area contributed by atoms with Crippen molar-refractivity contribution in [2.45, 2.75) is 46.6 Å². The van der Waals surface area contributed by atoms with Gasteiger partial charge in [0.15, 0.2) is 0 Å². The molecule has 0 N–H and O–H groups in total. The first kappa shape index (κ1) is 16.7. The summed E-state index contributed by atoms with van der Waals surface area (Å²) in [5.74, 6) is 3.76. The zero-order valence-corrected chi connectivity index (χ0v) is 15.3. The van der Waals surface area contributed by atoms with E-state index in [-0.39, 0.29) is 0 Å². The van der Waals surface area contributed by atoms with Gasteiger partial charge in [0.2, 0.25) is 0 Å². The maximum absolute atomic E-state index is 2.75. The van der Waals surface area contributed by atoms with Gasteiger partial charge in [-0.2, -0.15) is 0 Å². The molecule has 0 saturated carbocycles. The second kappa shape index (κ2) is 7.19. The maximum atomic E-state index is 2.75. The first-order valence-corrected chi connectivity index (χ1v) is 9.68. The third-order valence-electron chi connectivity index (χ3n) is 5.96. The topological polar surface area (TPSA) is 9.72 Å². The molecule has 0 unspecified atom stereocenters. The van der Waals surface area contributed by atoms with Crippen LogP contribution in [0.1, 0.15) is 40.5 Å². The number of rotatable bonds is 7. The summed E-state index contributed by atoms with van der Waals surface area (Å²) >= 11 is 0. The van der Waals surface area contributed by atoms with Gasteiger partial charge in [-0.3, -0.25) is 0 Å². The van der Waals surface area contributed by atoms with Crippen LogP contribution in [0, 0.1) is 23.7 Å². The highest BCUT2D eigenvalue weighted by atomic mass is 15.3. The molecule has 3 nitrogen and oxygen atoms in total. The lowest BCUT2D eigenvalue weighted by atomic mass is 9.93. The molecule has 3 fully saturated rings. The lowest BCUT2D eigenvalue weighted by Gasteiger charge is -2.48. The number of hydrogen-bond donors (Lipinski definition) is 0. The van der Waals surface area contributed by atoms with Crippen molar-refractivity contribution in [2.75, 3.05) is 52.4 Å². The summed E-state index contributed by atoms with van der Waals surface area (Å²) in [4.78, 5) is 8.05. The summed E-state index contributed by atoms with van der Waals surface area (Å²) < 4.78 is 0. The molecule has 0 amide bonds. The lowest BCUT2D eigenvalue weighted by molar-refractivity contribution is 0.000904. The minimum Gasteiger partial charge on any atom is -0.303 e. The first-order chi connectivity index (χ1) is 10.5. The Balaban J connectivity index is 1.26. The SMILES string of the molecule is CC(C)C[C@H]1CCN(CC2CN(CC3CN(C(C)C)C3)C2)C1. The fraction of sp³-hybridized carbons (Fsp3) is 1.00. The third-order valence-corrected chi connectivity index (χ3v) is 5.96. The average Bonchev–Trinajstić information content (AvgIpc) is 2.75. The molecule has 22 heavy (non-hydrogen) atoms. The van der Waals surface area contributed by atoms with Gasteiger partial charge < -0.3 is 14.7 Å². The van der Waals surface area contributed by atoms with Crippen molar-refractivity contribution in [3.05, 3.63) is 0 Å². The van der Waals surface area contributed by atoms with Gasteiger partial charge in [-0.25, -0.2) is 0 Å². The number of likely N-dealkylation sites (tertiary alicyclic amines) is 3. The first-order valence-electron chi connectivity index (χ1n) is 9.68. The van der Waals surface area contributed by atoms with Gasteiger partial charge in [-0.05, 0) is 56.9 Å². The van der Waals surface area contributed by atoms with Crippen LogP contribution >= 0.6 is 0 Å². The average molecular weight is 308 g/mol. The van der Waals surface area contributed by atoms with Crippen molar-refractivity contribution in [1.82, 2.24) is 14.7 Å². The Morgan fingerprint density at radius 2 is 1.36 bits per heavy atom. The van der Waals surface area contributed by atoms with Crippen molar-refractivity contribution in [3.8, 4) is 0 Å². The van der Waals surface area contributed by atoms with E-state index in [0.717, 1.165) is 29.7 Å². The fourth-order valence-corrected chi connectivity index (χ4v) is 4.76. The number of hydrogen-bond acceptors (Lipinski definition) is 3. The van der Waals surface area contributed by atoms with E-state index in [2.05, 4.69) is 42.4 Å². The van der Waals surface area contributed by atoms with E-state index in [1.807, 2.05) is 0 Å². The predicted octanol–water partition coefficient (Wildman–Crippen LogP) is 2.63. The molecule has 1 atom stereocenters. The van der Waals surface area contributed by atoms with Crippen LogP contribution in [-0.4, -0.2) is 73.1 Å². The van der Waals surface area contributed by atoms with E-state index in [1.165, 1.54) is 65.2 Å². The van der Waals surface area contributed by atoms with Crippen molar-refractivity contribution in [3.63, 3.8) is 0 Å². The zero-order valence-electron chi connectivity index (χ0n) is 15.3. The standard InChI is InChI=1S/C19H37N3/c1-15(2)7-17-5-6-20(8-17)9-18-10-21(11-18)12-19-13-22(14-19)16(3)4/h15-19H,5-14H2,1-4H3/t17-/m1/s1. The largest absolute Gasteiger partial charge is 0.303 e. The molecule has 0 aromatic heterocycles. The van der Waals surface area contributed by atoms with Crippen LogP contribution in [0.2, 0.25) is 0 Å². The summed E-state index contributed by atoms with van der Waals surface area (Å²) in [5.41, 5.74) is 0. The van der Waals surface area contributed by atoms with Gasteiger partial charge in [0.05, 0.1) is 0 Å². The highest BCUT2D eigenvalue weighted by Gasteiger charge is 2.35. The lowest BCUT2D eigenvalue weighted by Crippen LogP contribution is -2.58. The highest BCUT2D eigenvalue weighted by molar-refractivity contribution is 4.90. The fourth-order valence-electron chi connectivity index (χ4n) is 4.76. The van der Waals surface area contributed by atoms with Crippen molar-refractivity contribution in [1.29, 1.82) is 0 Å². The molecule has 0 aromatic carbocycles. The Morgan fingerprint density at radius 1 is 0.773 bits per heavy atom. The predicted molar refractivity (Wildman–Crippen MR) is 94.1 cm³/mol. The Bertz CT molecular complexity index is 343. The van der Waals surface area contributed by atoms with Crippen LogP contribution in [0.5, 0.6) is 0 Å².